The van der Waals surface area contributed by atoms with Crippen LogP contribution in [0.1, 0.15) is 82.6 Å². The molecule has 2 aliphatic carbocycles. The van der Waals surface area contributed by atoms with Crippen LogP contribution in [-0.4, -0.2) is 24.9 Å². The highest BCUT2D eigenvalue weighted by atomic mass is 19.1. The van der Waals surface area contributed by atoms with E-state index in [1.165, 1.54) is 31.2 Å². The lowest BCUT2D eigenvalue weighted by molar-refractivity contribution is -0.157. The fourth-order valence-corrected chi connectivity index (χ4v) is 4.34. The topological polar surface area (TPSA) is 35.5 Å². The van der Waals surface area contributed by atoms with Crippen LogP contribution in [0.25, 0.3) is 0 Å². The molecule has 0 saturated heterocycles. The van der Waals surface area contributed by atoms with E-state index in [4.69, 9.17) is 9.47 Å². The van der Waals surface area contributed by atoms with Crippen molar-refractivity contribution in [3.63, 3.8) is 0 Å². The largest absolute Gasteiger partial charge is 0.493 e. The molecule has 0 spiro atoms. The summed E-state index contributed by atoms with van der Waals surface area (Å²) < 4.78 is 24.9. The van der Waals surface area contributed by atoms with E-state index in [0.717, 1.165) is 31.4 Å². The van der Waals surface area contributed by atoms with Crippen LogP contribution >= 0.6 is 0 Å². The SMILES string of the molecule is CCC[C@H](F)C(=O)O[C@H]1CC[C@H](COc2ccc(C3CC[CH]CC3)cc2)CC1. The predicted molar refractivity (Wildman–Crippen MR) is 109 cm³/mol. The number of rotatable bonds is 8. The zero-order valence-corrected chi connectivity index (χ0v) is 17.1. The maximum atomic E-state index is 13.6. The van der Waals surface area contributed by atoms with E-state index in [2.05, 4.69) is 30.7 Å². The van der Waals surface area contributed by atoms with Crippen molar-refractivity contribution in [3.8, 4) is 5.75 Å². The molecule has 2 saturated carbocycles. The molecule has 1 aromatic carbocycles. The standard InChI is InChI=1S/C24H34FO3/c1-2-6-23(25)24(26)28-22-13-9-18(10-14-22)17-27-21-15-11-20(12-16-21)19-7-4-3-5-8-19/h3,11-12,15-16,18-19,22-23H,2,4-10,13-14,17H2,1H3/t18-,22-,23-/m0/s1. The second kappa shape index (κ2) is 10.8. The molecule has 0 heterocycles. The summed E-state index contributed by atoms with van der Waals surface area (Å²) in [6.07, 6.45) is 10.2. The van der Waals surface area contributed by atoms with Gasteiger partial charge in [-0.25, -0.2) is 9.18 Å². The molecule has 0 N–H and O–H groups in total. The molecule has 0 aromatic heterocycles. The smallest absolute Gasteiger partial charge is 0.340 e. The van der Waals surface area contributed by atoms with Crippen LogP contribution in [0.2, 0.25) is 0 Å². The Balaban J connectivity index is 1.36. The molecule has 0 aliphatic heterocycles. The first-order chi connectivity index (χ1) is 13.7. The maximum Gasteiger partial charge on any atom is 0.340 e. The summed E-state index contributed by atoms with van der Waals surface area (Å²) in [4.78, 5) is 11.7. The second-order valence-electron chi connectivity index (χ2n) is 8.36. The van der Waals surface area contributed by atoms with E-state index in [-0.39, 0.29) is 12.5 Å². The normalized spacial score (nSPS) is 24.5. The number of esters is 1. The van der Waals surface area contributed by atoms with Gasteiger partial charge in [0.05, 0.1) is 6.61 Å². The van der Waals surface area contributed by atoms with Crippen LogP contribution in [-0.2, 0) is 9.53 Å². The van der Waals surface area contributed by atoms with Gasteiger partial charge in [-0.3, -0.25) is 0 Å². The van der Waals surface area contributed by atoms with Gasteiger partial charge in [0, 0.05) is 0 Å². The number of hydrogen-bond acceptors (Lipinski definition) is 3. The number of hydrogen-bond donors (Lipinski definition) is 0. The van der Waals surface area contributed by atoms with Gasteiger partial charge in [-0.2, -0.15) is 0 Å². The van der Waals surface area contributed by atoms with Gasteiger partial charge in [-0.1, -0.05) is 25.5 Å². The van der Waals surface area contributed by atoms with Crippen LogP contribution in [0.3, 0.4) is 0 Å². The minimum absolute atomic E-state index is 0.133. The lowest BCUT2D eigenvalue weighted by Crippen LogP contribution is -2.30. The van der Waals surface area contributed by atoms with Crippen LogP contribution in [0.5, 0.6) is 5.75 Å². The van der Waals surface area contributed by atoms with Crippen molar-refractivity contribution < 1.29 is 18.7 Å². The highest BCUT2D eigenvalue weighted by Crippen LogP contribution is 2.33. The van der Waals surface area contributed by atoms with E-state index in [9.17, 15) is 9.18 Å². The van der Waals surface area contributed by atoms with E-state index < -0.39 is 12.1 Å². The van der Waals surface area contributed by atoms with Crippen molar-refractivity contribution in [1.29, 1.82) is 0 Å². The Morgan fingerprint density at radius 3 is 2.39 bits per heavy atom. The Hall–Kier alpha value is -1.58. The summed E-state index contributed by atoms with van der Waals surface area (Å²) in [5.41, 5.74) is 1.43. The van der Waals surface area contributed by atoms with Crippen molar-refractivity contribution in [3.05, 3.63) is 36.2 Å². The lowest BCUT2D eigenvalue weighted by atomic mass is 9.84. The molecule has 2 aliphatic rings. The zero-order chi connectivity index (χ0) is 19.8. The number of carbonyl (C=O) groups excluding carboxylic acids is 1. The van der Waals surface area contributed by atoms with Crippen molar-refractivity contribution >= 4 is 5.97 Å². The summed E-state index contributed by atoms with van der Waals surface area (Å²) in [6.45, 7) is 2.56. The van der Waals surface area contributed by atoms with E-state index in [1.54, 1.807) is 0 Å². The number of ether oxygens (including phenoxy) is 2. The molecule has 0 amide bonds. The molecule has 0 bridgehead atoms. The van der Waals surface area contributed by atoms with Crippen LogP contribution in [0, 0.1) is 12.3 Å². The first kappa shape index (κ1) is 21.1. The average molecular weight is 390 g/mol. The number of benzene rings is 1. The minimum atomic E-state index is -1.47. The highest BCUT2D eigenvalue weighted by molar-refractivity contribution is 5.74. The van der Waals surface area contributed by atoms with Gasteiger partial charge < -0.3 is 9.47 Å². The van der Waals surface area contributed by atoms with Crippen LogP contribution in [0.4, 0.5) is 4.39 Å². The second-order valence-corrected chi connectivity index (χ2v) is 8.36. The Morgan fingerprint density at radius 1 is 1.07 bits per heavy atom. The van der Waals surface area contributed by atoms with Gasteiger partial charge in [0.15, 0.2) is 6.17 Å². The Morgan fingerprint density at radius 2 is 1.75 bits per heavy atom. The van der Waals surface area contributed by atoms with Crippen LogP contribution in [0.15, 0.2) is 24.3 Å². The van der Waals surface area contributed by atoms with Gasteiger partial charge in [-0.15, -0.1) is 0 Å². The highest BCUT2D eigenvalue weighted by Gasteiger charge is 2.27. The third-order valence-corrected chi connectivity index (χ3v) is 6.15. The summed E-state index contributed by atoms with van der Waals surface area (Å²) in [7, 11) is 0. The molecular weight excluding hydrogens is 355 g/mol. The van der Waals surface area contributed by atoms with Gasteiger partial charge in [0.2, 0.25) is 0 Å². The molecule has 1 radical (unpaired) electrons. The first-order valence-corrected chi connectivity index (χ1v) is 11.0. The fraction of sp³-hybridized carbons (Fsp3) is 0.667. The minimum Gasteiger partial charge on any atom is -0.493 e. The lowest BCUT2D eigenvalue weighted by Gasteiger charge is -2.28. The molecule has 1 aromatic rings. The predicted octanol–water partition coefficient (Wildman–Crippen LogP) is 6.17. The van der Waals surface area contributed by atoms with Crippen molar-refractivity contribution in [2.45, 2.75) is 89.3 Å². The van der Waals surface area contributed by atoms with Crippen molar-refractivity contribution in [1.82, 2.24) is 0 Å². The summed E-state index contributed by atoms with van der Waals surface area (Å²) in [6, 6.07) is 8.61. The fourth-order valence-electron chi connectivity index (χ4n) is 4.34. The average Bonchev–Trinajstić information content (AvgIpc) is 2.74. The molecule has 3 nitrogen and oxygen atoms in total. The maximum absolute atomic E-state index is 13.6. The summed E-state index contributed by atoms with van der Waals surface area (Å²) >= 11 is 0. The monoisotopic (exact) mass is 389 g/mol. The van der Waals surface area contributed by atoms with E-state index in [1.807, 2.05) is 6.92 Å². The molecule has 1 atom stereocenters. The molecule has 4 heteroatoms. The Labute approximate surface area is 169 Å². The molecule has 28 heavy (non-hydrogen) atoms. The zero-order valence-electron chi connectivity index (χ0n) is 17.1. The van der Waals surface area contributed by atoms with Gasteiger partial charge >= 0.3 is 5.97 Å². The third-order valence-electron chi connectivity index (χ3n) is 6.15. The third kappa shape index (κ3) is 6.22. The first-order valence-electron chi connectivity index (χ1n) is 11.0. The van der Waals surface area contributed by atoms with Gasteiger partial charge in [0.25, 0.3) is 0 Å². The van der Waals surface area contributed by atoms with Gasteiger partial charge in [0.1, 0.15) is 11.9 Å². The summed E-state index contributed by atoms with van der Waals surface area (Å²) in [5, 5.41) is 0. The van der Waals surface area contributed by atoms with Crippen LogP contribution < -0.4 is 4.74 Å². The van der Waals surface area contributed by atoms with Gasteiger partial charge in [-0.05, 0) is 93.7 Å². The molecule has 2 fully saturated rings. The van der Waals surface area contributed by atoms with Crippen molar-refractivity contribution in [2.75, 3.05) is 6.61 Å². The summed E-state index contributed by atoms with van der Waals surface area (Å²) in [5.74, 6) is 1.41. The van der Waals surface area contributed by atoms with E-state index >= 15 is 0 Å². The molecule has 155 valence electrons. The van der Waals surface area contributed by atoms with E-state index in [0.29, 0.717) is 24.9 Å². The number of carbonyl (C=O) groups is 1. The molecular formula is C24H34FO3. The van der Waals surface area contributed by atoms with Crippen molar-refractivity contribution in [2.24, 2.45) is 5.92 Å². The quantitative estimate of drug-likeness (QED) is 0.499. The number of alkyl halides is 1. The Kier molecular flexibility index (Phi) is 8.17. The molecule has 0 unspecified atom stereocenters. The molecule has 3 rings (SSSR count). The number of halogens is 1. The Bertz CT molecular complexity index is 586.